The molecule has 3 saturated carbocycles. The van der Waals surface area contributed by atoms with Crippen LogP contribution >= 0.6 is 0 Å². The van der Waals surface area contributed by atoms with Gasteiger partial charge in [0, 0.05) is 13.0 Å². The van der Waals surface area contributed by atoms with Crippen molar-refractivity contribution < 1.29 is 41.6 Å². The monoisotopic (exact) mass is 586 g/mol. The maximum atomic E-state index is 13.7. The summed E-state index contributed by atoms with van der Waals surface area (Å²) in [5.41, 5.74) is -2.22. The van der Waals surface area contributed by atoms with Crippen LogP contribution in [0.4, 0.5) is 4.79 Å². The van der Waals surface area contributed by atoms with E-state index in [2.05, 4.69) is 10.6 Å². The number of ether oxygens (including phenoxy) is 1. The Bertz CT molecular complexity index is 1110. The molecular formula is C26H42N4O9S. The minimum absolute atomic E-state index is 0.0709. The summed E-state index contributed by atoms with van der Waals surface area (Å²) < 4.78 is 36.8. The lowest BCUT2D eigenvalue weighted by Crippen LogP contribution is -2.60. The number of alkyl carbamates (subject to hydrolysis) is 1. The number of rotatable bonds is 10. The first-order chi connectivity index (χ1) is 18.6. The van der Waals surface area contributed by atoms with Gasteiger partial charge in [-0.15, -0.1) is 0 Å². The lowest BCUT2D eigenvalue weighted by molar-refractivity contribution is -0.143. The van der Waals surface area contributed by atoms with E-state index >= 15 is 0 Å². The maximum Gasteiger partial charge on any atom is 0.408 e. The Labute approximate surface area is 235 Å². The highest BCUT2D eigenvalue weighted by Gasteiger charge is 2.62. The van der Waals surface area contributed by atoms with Gasteiger partial charge in [-0.3, -0.25) is 18.6 Å². The van der Waals surface area contributed by atoms with Crippen LogP contribution in [0, 0.1) is 11.3 Å². The second-order valence-corrected chi connectivity index (χ2v) is 13.9. The van der Waals surface area contributed by atoms with Crippen molar-refractivity contribution in [1.29, 1.82) is 0 Å². The van der Waals surface area contributed by atoms with Gasteiger partial charge in [-0.25, -0.2) is 9.52 Å². The predicted octanol–water partition coefficient (Wildman–Crippen LogP) is 0.857. The van der Waals surface area contributed by atoms with Crippen LogP contribution in [0.15, 0.2) is 0 Å². The Balaban J connectivity index is 1.46. The topological polar surface area (TPSA) is 180 Å². The van der Waals surface area contributed by atoms with E-state index in [1.54, 1.807) is 20.8 Å². The molecule has 1 saturated heterocycles. The summed E-state index contributed by atoms with van der Waals surface area (Å²) in [6.45, 7) is 6.99. The number of likely N-dealkylation sites (tertiary alicyclic amines) is 1. The highest BCUT2D eigenvalue weighted by molar-refractivity contribution is 7.85. The number of amides is 4. The van der Waals surface area contributed by atoms with Crippen LogP contribution in [0.2, 0.25) is 0 Å². The molecule has 4 aliphatic rings. The number of carbonyl (C=O) groups excluding carboxylic acids is 4. The summed E-state index contributed by atoms with van der Waals surface area (Å²) in [5, 5.41) is 15.8. The fraction of sp³-hybridized carbons (Fsp3) is 0.846. The SMILES string of the molecule is CC[C@@H]1C[C@]1(NC(=O)[C@@H]1C[C@@H](O)CN1C(=O)[C@@H](NC(=O)OC1CCCC1)C(C)(C)C)C(=O)NS(=O)(=O)OC1CC1. The Kier molecular flexibility index (Phi) is 8.72. The molecule has 13 nitrogen and oxygen atoms in total. The number of hydrogen-bond acceptors (Lipinski definition) is 9. The quantitative estimate of drug-likeness (QED) is 0.289. The molecule has 0 aromatic rings. The van der Waals surface area contributed by atoms with E-state index in [0.29, 0.717) is 19.3 Å². The van der Waals surface area contributed by atoms with E-state index in [9.17, 15) is 32.7 Å². The van der Waals surface area contributed by atoms with Crippen LogP contribution in [0.3, 0.4) is 0 Å². The minimum atomic E-state index is -4.34. The first kappa shape index (κ1) is 30.5. The first-order valence-corrected chi connectivity index (χ1v) is 15.6. The lowest BCUT2D eigenvalue weighted by Gasteiger charge is -2.35. The zero-order chi connectivity index (χ0) is 29.5. The smallest absolute Gasteiger partial charge is 0.408 e. The fourth-order valence-electron chi connectivity index (χ4n) is 5.62. The predicted molar refractivity (Wildman–Crippen MR) is 142 cm³/mol. The van der Waals surface area contributed by atoms with Gasteiger partial charge in [0.1, 0.15) is 23.7 Å². The van der Waals surface area contributed by atoms with Gasteiger partial charge < -0.3 is 25.4 Å². The van der Waals surface area contributed by atoms with Crippen molar-refractivity contribution in [2.45, 2.75) is 121 Å². The normalized spacial score (nSPS) is 29.5. The third kappa shape index (κ3) is 7.06. The van der Waals surface area contributed by atoms with Crippen molar-refractivity contribution in [2.24, 2.45) is 11.3 Å². The Morgan fingerprint density at radius 3 is 2.27 bits per heavy atom. The summed E-state index contributed by atoms with van der Waals surface area (Å²) >= 11 is 0. The van der Waals surface area contributed by atoms with Crippen LogP contribution in [0.5, 0.6) is 0 Å². The molecule has 3 aliphatic carbocycles. The molecule has 4 N–H and O–H groups in total. The van der Waals surface area contributed by atoms with E-state index in [1.807, 2.05) is 11.6 Å². The Morgan fingerprint density at radius 1 is 1.07 bits per heavy atom. The average Bonchev–Trinajstić information content (AvgIpc) is 3.68. The summed E-state index contributed by atoms with van der Waals surface area (Å²) in [6.07, 6.45) is 2.96. The van der Waals surface area contributed by atoms with Crippen LogP contribution in [0.1, 0.15) is 85.5 Å². The van der Waals surface area contributed by atoms with Crippen LogP contribution in [-0.4, -0.2) is 84.7 Å². The standard InChI is InChI=1S/C26H42N4O9S/c1-5-15-13-26(15,23(34)29-40(36,37)39-18-10-11-18)28-21(32)19-12-16(31)14-30(19)22(33)20(25(2,3)4)27-24(35)38-17-8-6-7-9-17/h15-20,31H,5-14H2,1-4H3,(H,27,35)(H,28,32)(H,29,34)/t15-,16-,19+,20-,26-/m1/s1. The molecule has 0 radical (unpaired) electrons. The third-order valence-corrected chi connectivity index (χ3v) is 9.13. The van der Waals surface area contributed by atoms with E-state index in [-0.39, 0.29) is 31.4 Å². The number of β-amino-alcohol motifs (C(OH)–C–C–N with tert-alkyl or cyclic N) is 1. The summed E-state index contributed by atoms with van der Waals surface area (Å²) in [5.74, 6) is -2.45. The molecule has 14 heteroatoms. The number of aliphatic hydroxyl groups is 1. The molecule has 0 spiro atoms. The highest BCUT2D eigenvalue weighted by Crippen LogP contribution is 2.46. The van der Waals surface area contributed by atoms with Gasteiger partial charge in [0.25, 0.3) is 5.91 Å². The number of aliphatic hydroxyl groups excluding tert-OH is 1. The van der Waals surface area contributed by atoms with Gasteiger partial charge in [-0.1, -0.05) is 34.1 Å². The third-order valence-electron chi connectivity index (χ3n) is 8.17. The largest absolute Gasteiger partial charge is 0.446 e. The Morgan fingerprint density at radius 2 is 1.73 bits per heavy atom. The molecule has 0 aromatic carbocycles. The molecule has 4 rings (SSSR count). The van der Waals surface area contributed by atoms with Gasteiger partial charge in [0.2, 0.25) is 11.8 Å². The molecule has 1 aliphatic heterocycles. The summed E-state index contributed by atoms with van der Waals surface area (Å²) in [4.78, 5) is 54.2. The van der Waals surface area contributed by atoms with Crippen molar-refractivity contribution in [3.63, 3.8) is 0 Å². The zero-order valence-corrected chi connectivity index (χ0v) is 24.4. The maximum absolute atomic E-state index is 13.7. The summed E-state index contributed by atoms with van der Waals surface area (Å²) in [6, 6.07) is -2.17. The number of hydrogen-bond donors (Lipinski definition) is 4. The second kappa shape index (κ2) is 11.4. The van der Waals surface area contributed by atoms with E-state index < -0.39 is 69.4 Å². The molecule has 40 heavy (non-hydrogen) atoms. The highest BCUT2D eigenvalue weighted by atomic mass is 32.2. The van der Waals surface area contributed by atoms with Crippen molar-refractivity contribution in [1.82, 2.24) is 20.3 Å². The van der Waals surface area contributed by atoms with E-state index in [0.717, 1.165) is 25.7 Å². The average molecular weight is 587 g/mol. The molecule has 1 heterocycles. The number of carbonyl (C=O) groups is 4. The molecule has 4 amide bonds. The number of nitrogens with zero attached hydrogens (tertiary/aromatic N) is 1. The zero-order valence-electron chi connectivity index (χ0n) is 23.6. The van der Waals surface area contributed by atoms with Gasteiger partial charge in [0.05, 0.1) is 12.2 Å². The van der Waals surface area contributed by atoms with Gasteiger partial charge in [0.15, 0.2) is 0 Å². The number of nitrogens with one attached hydrogen (secondary N) is 3. The molecule has 0 unspecified atom stereocenters. The van der Waals surface area contributed by atoms with Gasteiger partial charge >= 0.3 is 16.4 Å². The Hall–Kier alpha value is -2.45. The second-order valence-electron chi connectivity index (χ2n) is 12.6. The molecular weight excluding hydrogens is 544 g/mol. The van der Waals surface area contributed by atoms with Crippen LogP contribution in [-0.2, 0) is 33.6 Å². The van der Waals surface area contributed by atoms with E-state index in [4.69, 9.17) is 8.92 Å². The van der Waals surface area contributed by atoms with Gasteiger partial charge in [-0.05, 0) is 56.3 Å². The van der Waals surface area contributed by atoms with Crippen LogP contribution in [0.25, 0.3) is 0 Å². The minimum Gasteiger partial charge on any atom is -0.446 e. The van der Waals surface area contributed by atoms with Crippen molar-refractivity contribution >= 4 is 34.1 Å². The molecule has 5 atom stereocenters. The molecule has 226 valence electrons. The molecule has 0 aromatic heterocycles. The lowest BCUT2D eigenvalue weighted by atomic mass is 9.85. The molecule has 0 bridgehead atoms. The fourth-order valence-corrected chi connectivity index (χ4v) is 6.62. The van der Waals surface area contributed by atoms with E-state index in [1.165, 1.54) is 4.90 Å². The van der Waals surface area contributed by atoms with Crippen LogP contribution < -0.4 is 15.4 Å². The first-order valence-electron chi connectivity index (χ1n) is 14.2. The van der Waals surface area contributed by atoms with Crippen molar-refractivity contribution in [2.75, 3.05) is 6.54 Å². The summed E-state index contributed by atoms with van der Waals surface area (Å²) in [7, 11) is -4.34. The molecule has 4 fully saturated rings. The van der Waals surface area contributed by atoms with Crippen molar-refractivity contribution in [3.8, 4) is 0 Å². The van der Waals surface area contributed by atoms with Gasteiger partial charge in [-0.2, -0.15) is 8.42 Å². The van der Waals surface area contributed by atoms with Crippen molar-refractivity contribution in [3.05, 3.63) is 0 Å².